The van der Waals surface area contributed by atoms with Gasteiger partial charge in [0.2, 0.25) is 5.91 Å². The highest BCUT2D eigenvalue weighted by atomic mass is 35.5. The van der Waals surface area contributed by atoms with E-state index in [1.807, 2.05) is 48.5 Å². The summed E-state index contributed by atoms with van der Waals surface area (Å²) in [6.45, 7) is 0. The zero-order valence-corrected chi connectivity index (χ0v) is 20.9. The van der Waals surface area contributed by atoms with E-state index >= 15 is 0 Å². The van der Waals surface area contributed by atoms with Crippen LogP contribution in [0.5, 0.6) is 5.75 Å². The maximum atomic E-state index is 12.4. The second kappa shape index (κ2) is 10.7. The van der Waals surface area contributed by atoms with Gasteiger partial charge in [-0.15, -0.1) is 0 Å². The Kier molecular flexibility index (Phi) is 7.05. The minimum Gasteiger partial charge on any atom is -0.497 e. The summed E-state index contributed by atoms with van der Waals surface area (Å²) in [6, 6.07) is 24.4. The summed E-state index contributed by atoms with van der Waals surface area (Å²) < 4.78 is 5.10. The lowest BCUT2D eigenvalue weighted by Gasteiger charge is -2.09. The van der Waals surface area contributed by atoms with Gasteiger partial charge in [0.15, 0.2) is 0 Å². The first-order chi connectivity index (χ1) is 18.0. The fourth-order valence-corrected chi connectivity index (χ4v) is 4.50. The predicted molar refractivity (Wildman–Crippen MR) is 146 cm³/mol. The van der Waals surface area contributed by atoms with Gasteiger partial charge < -0.3 is 9.72 Å². The largest absolute Gasteiger partial charge is 0.497 e. The molecule has 0 unspecified atom stereocenters. The van der Waals surface area contributed by atoms with E-state index in [2.05, 4.69) is 21.9 Å². The summed E-state index contributed by atoms with van der Waals surface area (Å²) in [6.07, 6.45) is 1.44. The van der Waals surface area contributed by atoms with Gasteiger partial charge in [0.25, 0.3) is 5.91 Å². The van der Waals surface area contributed by atoms with E-state index in [9.17, 15) is 9.59 Å². The zero-order valence-electron chi connectivity index (χ0n) is 20.2. The van der Waals surface area contributed by atoms with Gasteiger partial charge in [0.1, 0.15) is 5.75 Å². The van der Waals surface area contributed by atoms with Gasteiger partial charge >= 0.3 is 0 Å². The average Bonchev–Trinajstić information content (AvgIpc) is 3.29. The molecule has 5 rings (SSSR count). The molecular weight excluding hydrogens is 488 g/mol. The van der Waals surface area contributed by atoms with Gasteiger partial charge in [-0.25, -0.2) is 4.98 Å². The summed E-state index contributed by atoms with van der Waals surface area (Å²) in [5.41, 5.74) is 10.0. The number of hydrogen-bond donors (Lipinski definition) is 3. The number of hydrogen-bond acceptors (Lipinski definition) is 4. The zero-order chi connectivity index (χ0) is 25.8. The molecule has 8 heteroatoms. The molecule has 37 heavy (non-hydrogen) atoms. The number of ether oxygens (including phenoxy) is 1. The lowest BCUT2D eigenvalue weighted by Crippen LogP contribution is -2.41. The Morgan fingerprint density at radius 2 is 1.78 bits per heavy atom. The van der Waals surface area contributed by atoms with Gasteiger partial charge in [-0.05, 0) is 73.0 Å². The molecule has 0 spiro atoms. The van der Waals surface area contributed by atoms with Crippen molar-refractivity contribution in [2.75, 3.05) is 7.11 Å². The molecule has 0 saturated carbocycles. The second-order valence-electron chi connectivity index (χ2n) is 8.64. The van der Waals surface area contributed by atoms with Crippen LogP contribution in [-0.2, 0) is 11.2 Å². The molecule has 0 atom stereocenters. The number of amides is 2. The SMILES string of the molecule is COc1ccc(C(=O)NNC(=O)CCCc2c(-c3ccc4ccccc4n3)[nH]c3ccc(Cl)cc23)cc1. The molecule has 186 valence electrons. The van der Waals surface area contributed by atoms with Crippen LogP contribution >= 0.6 is 11.6 Å². The van der Waals surface area contributed by atoms with Crippen molar-refractivity contribution in [3.63, 3.8) is 0 Å². The normalized spacial score (nSPS) is 11.0. The number of nitrogens with zero attached hydrogens (tertiary/aromatic N) is 1. The number of rotatable bonds is 7. The Morgan fingerprint density at radius 3 is 2.59 bits per heavy atom. The Hall–Kier alpha value is -4.36. The number of nitrogens with one attached hydrogen (secondary N) is 3. The number of pyridine rings is 1. The Morgan fingerprint density at radius 1 is 0.973 bits per heavy atom. The summed E-state index contributed by atoms with van der Waals surface area (Å²) >= 11 is 6.31. The van der Waals surface area contributed by atoms with Gasteiger partial charge in [0.05, 0.1) is 24.0 Å². The number of halogens is 1. The van der Waals surface area contributed by atoms with Crippen molar-refractivity contribution >= 4 is 45.2 Å². The minimum atomic E-state index is -0.396. The Labute approximate surface area is 218 Å². The van der Waals surface area contributed by atoms with E-state index in [0.717, 1.165) is 38.8 Å². The van der Waals surface area contributed by atoms with Crippen LogP contribution in [0.3, 0.4) is 0 Å². The molecule has 3 aromatic carbocycles. The number of aryl methyl sites for hydroxylation is 1. The number of para-hydroxylation sites is 1. The van der Waals surface area contributed by atoms with Crippen molar-refractivity contribution in [1.82, 2.24) is 20.8 Å². The van der Waals surface area contributed by atoms with Gasteiger partial charge in [0, 0.05) is 33.3 Å². The molecule has 7 nitrogen and oxygen atoms in total. The van der Waals surface area contributed by atoms with Crippen molar-refractivity contribution in [3.8, 4) is 17.1 Å². The third kappa shape index (κ3) is 5.42. The van der Waals surface area contributed by atoms with Crippen molar-refractivity contribution < 1.29 is 14.3 Å². The first-order valence-corrected chi connectivity index (χ1v) is 12.3. The van der Waals surface area contributed by atoms with Crippen molar-refractivity contribution in [3.05, 3.63) is 95.0 Å². The molecule has 0 aliphatic rings. The van der Waals surface area contributed by atoms with Crippen LogP contribution in [0.2, 0.25) is 5.02 Å². The van der Waals surface area contributed by atoms with E-state index in [1.165, 1.54) is 0 Å². The van der Waals surface area contributed by atoms with E-state index in [0.29, 0.717) is 29.2 Å². The first kappa shape index (κ1) is 24.3. The van der Waals surface area contributed by atoms with Crippen molar-refractivity contribution in [1.29, 1.82) is 0 Å². The highest BCUT2D eigenvalue weighted by Gasteiger charge is 2.16. The molecule has 2 amide bonds. The molecule has 0 fully saturated rings. The quantitative estimate of drug-likeness (QED) is 0.239. The fourth-order valence-electron chi connectivity index (χ4n) is 4.33. The van der Waals surface area contributed by atoms with E-state index in [1.54, 1.807) is 31.4 Å². The number of aromatic amines is 1. The van der Waals surface area contributed by atoms with Crippen LogP contribution in [-0.4, -0.2) is 28.9 Å². The van der Waals surface area contributed by atoms with Crippen LogP contribution < -0.4 is 15.6 Å². The van der Waals surface area contributed by atoms with Crippen LogP contribution in [0.15, 0.2) is 78.9 Å². The number of H-pyrrole nitrogens is 1. The number of carbonyl (C=O) groups excluding carboxylic acids is 2. The Balaban J connectivity index is 1.28. The van der Waals surface area contributed by atoms with Crippen LogP contribution in [0, 0.1) is 0 Å². The number of methoxy groups -OCH3 is 1. The maximum absolute atomic E-state index is 12.4. The number of fused-ring (bicyclic) bond motifs is 2. The summed E-state index contributed by atoms with van der Waals surface area (Å²) in [5.74, 6) is -0.0190. The lowest BCUT2D eigenvalue weighted by atomic mass is 10.0. The average molecular weight is 513 g/mol. The fraction of sp³-hybridized carbons (Fsp3) is 0.138. The minimum absolute atomic E-state index is 0.237. The van der Waals surface area contributed by atoms with Crippen molar-refractivity contribution in [2.45, 2.75) is 19.3 Å². The van der Waals surface area contributed by atoms with E-state index in [4.69, 9.17) is 21.3 Å². The summed E-state index contributed by atoms with van der Waals surface area (Å²) in [7, 11) is 1.56. The Bertz CT molecular complexity index is 1590. The maximum Gasteiger partial charge on any atom is 0.269 e. The molecule has 0 aliphatic heterocycles. The van der Waals surface area contributed by atoms with Crippen molar-refractivity contribution in [2.24, 2.45) is 0 Å². The molecule has 2 heterocycles. The molecular formula is C29H25ClN4O3. The summed E-state index contributed by atoms with van der Waals surface area (Å²) in [4.78, 5) is 33.1. The molecule has 0 saturated heterocycles. The van der Waals surface area contributed by atoms with Crippen LogP contribution in [0.25, 0.3) is 33.2 Å². The number of carbonyl (C=O) groups is 2. The number of aromatic nitrogens is 2. The van der Waals surface area contributed by atoms with E-state index < -0.39 is 5.91 Å². The number of benzene rings is 3. The molecule has 0 bridgehead atoms. The highest BCUT2D eigenvalue weighted by molar-refractivity contribution is 6.31. The molecule has 0 radical (unpaired) electrons. The third-order valence-electron chi connectivity index (χ3n) is 6.22. The molecule has 0 aliphatic carbocycles. The van der Waals surface area contributed by atoms with Gasteiger partial charge in [-0.2, -0.15) is 0 Å². The molecule has 3 N–H and O–H groups in total. The second-order valence-corrected chi connectivity index (χ2v) is 9.08. The molecule has 2 aromatic heterocycles. The van der Waals surface area contributed by atoms with Gasteiger partial charge in [-0.3, -0.25) is 20.4 Å². The van der Waals surface area contributed by atoms with Crippen LogP contribution in [0.1, 0.15) is 28.8 Å². The smallest absolute Gasteiger partial charge is 0.269 e. The highest BCUT2D eigenvalue weighted by Crippen LogP contribution is 2.33. The topological polar surface area (TPSA) is 96.1 Å². The number of hydrazine groups is 1. The summed E-state index contributed by atoms with van der Waals surface area (Å²) in [5, 5.41) is 2.72. The molecule has 5 aromatic rings. The first-order valence-electron chi connectivity index (χ1n) is 11.9. The predicted octanol–water partition coefficient (Wildman–Crippen LogP) is 5.83. The lowest BCUT2D eigenvalue weighted by molar-refractivity contribution is -0.121. The monoisotopic (exact) mass is 512 g/mol. The standard InChI is InChI=1S/C29H25ClN4O3/c1-37-21-13-9-19(10-14-21)29(36)34-33-27(35)8-4-6-22-23-17-20(30)12-16-25(23)32-28(22)26-15-11-18-5-2-3-7-24(18)31-26/h2-3,5,7,9-17,32H,4,6,8H2,1H3,(H,33,35)(H,34,36). The van der Waals surface area contributed by atoms with Gasteiger partial charge in [-0.1, -0.05) is 35.9 Å². The third-order valence-corrected chi connectivity index (χ3v) is 6.46. The van der Waals surface area contributed by atoms with Crippen LogP contribution in [0.4, 0.5) is 0 Å². The van der Waals surface area contributed by atoms with E-state index in [-0.39, 0.29) is 12.3 Å².